The molecule has 79 valence electrons. The number of nitrogens with two attached hydrogens (primary N) is 1. The Bertz CT molecular complexity index is 438. The summed E-state index contributed by atoms with van der Waals surface area (Å²) in [6.45, 7) is 2.58. The molecule has 2 nitrogen and oxygen atoms in total. The second-order valence-electron chi connectivity index (χ2n) is 3.47. The molecule has 1 aliphatic rings. The van der Waals surface area contributed by atoms with E-state index in [0.29, 0.717) is 16.6 Å². The van der Waals surface area contributed by atoms with Crippen LogP contribution in [0.4, 0.5) is 5.69 Å². The van der Waals surface area contributed by atoms with E-state index in [1.165, 1.54) is 5.57 Å². The van der Waals surface area contributed by atoms with Crippen molar-refractivity contribution in [3.63, 3.8) is 0 Å². The van der Waals surface area contributed by atoms with Crippen LogP contribution in [0.3, 0.4) is 0 Å². The molecule has 0 aliphatic carbocycles. The SMILES string of the molecule is CC1=C(CCN)c2ccc(Cl)c(Cl)c2[N]1. The maximum Gasteiger partial charge on any atom is 0.0910 e. The van der Waals surface area contributed by atoms with E-state index >= 15 is 0 Å². The molecule has 0 aromatic heterocycles. The number of hydrogen-bond acceptors (Lipinski definition) is 1. The van der Waals surface area contributed by atoms with Crippen LogP contribution < -0.4 is 11.1 Å². The Hall–Kier alpha value is -0.700. The molecule has 0 spiro atoms. The number of hydrogen-bond donors (Lipinski definition) is 1. The summed E-state index contributed by atoms with van der Waals surface area (Å²) < 4.78 is 0. The summed E-state index contributed by atoms with van der Waals surface area (Å²) in [6, 6.07) is 3.75. The van der Waals surface area contributed by atoms with E-state index in [2.05, 4.69) is 5.32 Å². The molecule has 1 aromatic rings. The van der Waals surface area contributed by atoms with Crippen LogP contribution in [0.2, 0.25) is 10.0 Å². The Balaban J connectivity index is 2.50. The van der Waals surface area contributed by atoms with Crippen LogP contribution in [0.25, 0.3) is 5.57 Å². The number of fused-ring (bicyclic) bond motifs is 1. The van der Waals surface area contributed by atoms with Crippen LogP contribution in [0.15, 0.2) is 17.8 Å². The number of benzene rings is 1. The fraction of sp³-hybridized carbons (Fsp3) is 0.273. The first-order chi connectivity index (χ1) is 7.15. The highest BCUT2D eigenvalue weighted by atomic mass is 35.5. The highest BCUT2D eigenvalue weighted by molar-refractivity contribution is 6.44. The molecule has 0 bridgehead atoms. The van der Waals surface area contributed by atoms with Crippen molar-refractivity contribution in [3.05, 3.63) is 33.4 Å². The molecule has 2 N–H and O–H groups in total. The van der Waals surface area contributed by atoms with E-state index < -0.39 is 0 Å². The molecule has 0 fully saturated rings. The molecular weight excluding hydrogens is 231 g/mol. The number of nitrogens with zero attached hydrogens (tertiary/aromatic N) is 1. The van der Waals surface area contributed by atoms with Crippen LogP contribution in [0.1, 0.15) is 18.9 Å². The molecule has 2 rings (SSSR count). The lowest BCUT2D eigenvalue weighted by molar-refractivity contribution is 1.00. The molecule has 1 aliphatic heterocycles. The first-order valence-electron chi connectivity index (χ1n) is 4.75. The number of halogens is 2. The zero-order valence-electron chi connectivity index (χ0n) is 8.35. The molecule has 0 unspecified atom stereocenters. The van der Waals surface area contributed by atoms with Gasteiger partial charge in [0.05, 0.1) is 15.7 Å². The van der Waals surface area contributed by atoms with E-state index in [4.69, 9.17) is 28.9 Å². The third-order valence-corrected chi connectivity index (χ3v) is 3.30. The third-order valence-electron chi connectivity index (χ3n) is 2.50. The predicted molar refractivity (Wildman–Crippen MR) is 64.5 cm³/mol. The molecule has 4 heteroatoms. The summed E-state index contributed by atoms with van der Waals surface area (Å²) in [6.07, 6.45) is 0.820. The van der Waals surface area contributed by atoms with Gasteiger partial charge in [0.2, 0.25) is 0 Å². The van der Waals surface area contributed by atoms with Crippen molar-refractivity contribution in [2.24, 2.45) is 5.73 Å². The monoisotopic (exact) mass is 241 g/mol. The lowest BCUT2D eigenvalue weighted by Gasteiger charge is -2.05. The highest BCUT2D eigenvalue weighted by Crippen LogP contribution is 2.43. The standard InChI is InChI=1S/C11H11Cl2N2/c1-6-7(4-5-14)8-2-3-9(12)10(13)11(8)15-6/h2-3H,4-5,14H2,1H3. The maximum atomic E-state index is 6.09. The minimum atomic E-state index is 0.528. The lowest BCUT2D eigenvalue weighted by Crippen LogP contribution is -1.99. The average Bonchev–Trinajstić information content (AvgIpc) is 2.52. The third kappa shape index (κ3) is 1.73. The van der Waals surface area contributed by atoms with Crippen LogP contribution in [0, 0.1) is 0 Å². The number of allylic oxidation sites excluding steroid dienone is 1. The van der Waals surface area contributed by atoms with E-state index in [0.717, 1.165) is 23.4 Å². The first kappa shape index (κ1) is 10.8. The van der Waals surface area contributed by atoms with Crippen molar-refractivity contribution >= 4 is 34.5 Å². The molecule has 1 heterocycles. The molecule has 0 saturated carbocycles. The molecule has 15 heavy (non-hydrogen) atoms. The van der Waals surface area contributed by atoms with Gasteiger partial charge >= 0.3 is 0 Å². The van der Waals surface area contributed by atoms with E-state index in [1.807, 2.05) is 13.0 Å². The largest absolute Gasteiger partial charge is 0.330 e. The zero-order valence-corrected chi connectivity index (χ0v) is 9.86. The van der Waals surface area contributed by atoms with Crippen molar-refractivity contribution < 1.29 is 0 Å². The summed E-state index contributed by atoms with van der Waals surface area (Å²) in [5.74, 6) is 0. The van der Waals surface area contributed by atoms with Crippen LogP contribution in [0.5, 0.6) is 0 Å². The summed E-state index contributed by atoms with van der Waals surface area (Å²) in [4.78, 5) is 0. The predicted octanol–water partition coefficient (Wildman–Crippen LogP) is 3.32. The Labute approximate surface area is 99.1 Å². The smallest absolute Gasteiger partial charge is 0.0910 e. The van der Waals surface area contributed by atoms with Crippen LogP contribution in [-0.2, 0) is 0 Å². The van der Waals surface area contributed by atoms with Gasteiger partial charge in [0.1, 0.15) is 0 Å². The van der Waals surface area contributed by atoms with Gasteiger partial charge in [-0.15, -0.1) is 0 Å². The fourth-order valence-electron chi connectivity index (χ4n) is 1.78. The van der Waals surface area contributed by atoms with Gasteiger partial charge in [-0.1, -0.05) is 29.3 Å². The van der Waals surface area contributed by atoms with Crippen molar-refractivity contribution in [1.29, 1.82) is 0 Å². The highest BCUT2D eigenvalue weighted by Gasteiger charge is 2.23. The molecule has 0 saturated heterocycles. The second-order valence-corrected chi connectivity index (χ2v) is 4.26. The number of rotatable bonds is 2. The van der Waals surface area contributed by atoms with Crippen molar-refractivity contribution in [3.8, 4) is 0 Å². The minimum absolute atomic E-state index is 0.528. The second kappa shape index (κ2) is 4.05. The van der Waals surface area contributed by atoms with Gasteiger partial charge in [0.15, 0.2) is 0 Å². The zero-order chi connectivity index (χ0) is 11.0. The normalized spacial score (nSPS) is 14.1. The molecule has 0 atom stereocenters. The topological polar surface area (TPSA) is 40.1 Å². The summed E-state index contributed by atoms with van der Waals surface area (Å²) in [5.41, 5.74) is 9.56. The lowest BCUT2D eigenvalue weighted by atomic mass is 10.0. The van der Waals surface area contributed by atoms with Gasteiger partial charge in [-0.2, -0.15) is 0 Å². The van der Waals surface area contributed by atoms with Crippen molar-refractivity contribution in [1.82, 2.24) is 5.32 Å². The molecule has 0 amide bonds. The minimum Gasteiger partial charge on any atom is -0.330 e. The maximum absolute atomic E-state index is 6.09. The molecular formula is C11H11Cl2N2. The summed E-state index contributed by atoms with van der Waals surface area (Å²) in [7, 11) is 0. The summed E-state index contributed by atoms with van der Waals surface area (Å²) >= 11 is 12.0. The van der Waals surface area contributed by atoms with Crippen LogP contribution in [-0.4, -0.2) is 6.54 Å². The quantitative estimate of drug-likeness (QED) is 0.848. The Morgan fingerprint density at radius 2 is 2.07 bits per heavy atom. The van der Waals surface area contributed by atoms with Crippen molar-refractivity contribution in [2.45, 2.75) is 13.3 Å². The van der Waals surface area contributed by atoms with Gasteiger partial charge < -0.3 is 5.73 Å². The van der Waals surface area contributed by atoms with E-state index in [-0.39, 0.29) is 0 Å². The summed E-state index contributed by atoms with van der Waals surface area (Å²) in [5, 5.41) is 5.49. The Morgan fingerprint density at radius 1 is 1.33 bits per heavy atom. The van der Waals surface area contributed by atoms with Gasteiger partial charge in [0.25, 0.3) is 0 Å². The van der Waals surface area contributed by atoms with Gasteiger partial charge in [-0.05, 0) is 31.5 Å². The molecule has 1 aromatic carbocycles. The average molecular weight is 242 g/mol. The van der Waals surface area contributed by atoms with Gasteiger partial charge in [-0.25, -0.2) is 0 Å². The fourth-order valence-corrected chi connectivity index (χ4v) is 2.14. The van der Waals surface area contributed by atoms with E-state index in [1.54, 1.807) is 6.07 Å². The molecule has 1 radical (unpaired) electrons. The van der Waals surface area contributed by atoms with Gasteiger partial charge in [-0.3, -0.25) is 5.32 Å². The Morgan fingerprint density at radius 3 is 2.73 bits per heavy atom. The first-order valence-corrected chi connectivity index (χ1v) is 5.50. The Kier molecular flexibility index (Phi) is 2.91. The van der Waals surface area contributed by atoms with Gasteiger partial charge in [0, 0.05) is 11.3 Å². The van der Waals surface area contributed by atoms with E-state index in [9.17, 15) is 0 Å². The van der Waals surface area contributed by atoms with Crippen LogP contribution >= 0.6 is 23.2 Å². The van der Waals surface area contributed by atoms with Crippen molar-refractivity contribution in [2.75, 3.05) is 6.54 Å².